The Morgan fingerprint density at radius 3 is 2.83 bits per heavy atom. The van der Waals surface area contributed by atoms with Crippen LogP contribution < -0.4 is 5.32 Å². The van der Waals surface area contributed by atoms with Crippen molar-refractivity contribution in [3.63, 3.8) is 0 Å². The first-order chi connectivity index (χ1) is 8.60. The third-order valence-electron chi connectivity index (χ3n) is 2.96. The number of hydrogen-bond acceptors (Lipinski definition) is 5. The van der Waals surface area contributed by atoms with Crippen LogP contribution in [-0.4, -0.2) is 37.7 Å². The third-order valence-corrected chi connectivity index (χ3v) is 2.96. The Balaban J connectivity index is 2.62. The molecule has 0 aliphatic carbocycles. The topological polar surface area (TPSA) is 88.4 Å². The average Bonchev–Trinajstić information content (AvgIpc) is 2.88. The minimum absolute atomic E-state index is 0.172. The first-order valence-corrected chi connectivity index (χ1v) is 5.97. The maximum atomic E-state index is 11.9. The normalized spacial score (nSPS) is 21.7. The molecule has 0 radical (unpaired) electrons. The number of nitrogens with zero attached hydrogens (tertiary/aromatic N) is 1. The molecule has 0 spiro atoms. The van der Waals surface area contributed by atoms with Crippen molar-refractivity contribution in [3.8, 4) is 6.07 Å². The molecule has 0 saturated carbocycles. The zero-order chi connectivity index (χ0) is 13.5. The Hall–Kier alpha value is -1.61. The van der Waals surface area contributed by atoms with Crippen molar-refractivity contribution in [3.05, 3.63) is 0 Å². The van der Waals surface area contributed by atoms with Gasteiger partial charge < -0.3 is 14.8 Å². The van der Waals surface area contributed by atoms with E-state index in [1.807, 2.05) is 6.07 Å². The molecule has 0 bridgehead atoms. The van der Waals surface area contributed by atoms with Crippen LogP contribution in [0, 0.1) is 17.2 Å². The van der Waals surface area contributed by atoms with Crippen LogP contribution in [-0.2, 0) is 19.1 Å². The largest absolute Gasteiger partial charge is 0.467 e. The van der Waals surface area contributed by atoms with E-state index in [2.05, 4.69) is 10.1 Å². The van der Waals surface area contributed by atoms with Gasteiger partial charge in [-0.25, -0.2) is 4.79 Å². The Bertz CT molecular complexity index is 344. The van der Waals surface area contributed by atoms with Crippen LogP contribution in [0.3, 0.4) is 0 Å². The van der Waals surface area contributed by atoms with E-state index in [4.69, 9.17) is 10.00 Å². The Morgan fingerprint density at radius 2 is 2.33 bits per heavy atom. The monoisotopic (exact) mass is 254 g/mol. The molecule has 1 saturated heterocycles. The Kier molecular flexibility index (Phi) is 5.59. The van der Waals surface area contributed by atoms with Crippen molar-refractivity contribution in [2.24, 2.45) is 5.92 Å². The smallest absolute Gasteiger partial charge is 0.328 e. The van der Waals surface area contributed by atoms with E-state index < -0.39 is 18.1 Å². The predicted molar refractivity (Wildman–Crippen MR) is 62.3 cm³/mol. The highest BCUT2D eigenvalue weighted by atomic mass is 16.5. The Morgan fingerprint density at radius 1 is 1.61 bits per heavy atom. The van der Waals surface area contributed by atoms with Crippen molar-refractivity contribution in [1.82, 2.24) is 5.32 Å². The number of nitriles is 1. The molecule has 1 N–H and O–H groups in total. The lowest BCUT2D eigenvalue weighted by molar-refractivity contribution is -0.147. The molecule has 0 aromatic rings. The SMILES string of the molecule is COC(=O)[C@@H](NC(=O)[C@@H]1CCCO1)[C@H](C)CC#N. The summed E-state index contributed by atoms with van der Waals surface area (Å²) in [6.45, 7) is 2.29. The van der Waals surface area contributed by atoms with Gasteiger partial charge in [-0.3, -0.25) is 4.79 Å². The van der Waals surface area contributed by atoms with Gasteiger partial charge in [-0.05, 0) is 12.8 Å². The molecular weight excluding hydrogens is 236 g/mol. The molecule has 1 aliphatic heterocycles. The molecule has 0 aromatic heterocycles. The molecule has 0 aromatic carbocycles. The third kappa shape index (κ3) is 3.70. The summed E-state index contributed by atoms with van der Waals surface area (Å²) in [5.41, 5.74) is 0. The molecule has 1 heterocycles. The van der Waals surface area contributed by atoms with E-state index in [1.54, 1.807) is 6.92 Å². The van der Waals surface area contributed by atoms with Gasteiger partial charge in [0.15, 0.2) is 0 Å². The molecular formula is C12H18N2O4. The highest BCUT2D eigenvalue weighted by molar-refractivity contribution is 5.87. The molecule has 1 aliphatic rings. The molecule has 6 nitrogen and oxygen atoms in total. The summed E-state index contributed by atoms with van der Waals surface area (Å²) >= 11 is 0. The lowest BCUT2D eigenvalue weighted by Gasteiger charge is -2.22. The number of nitrogens with one attached hydrogen (secondary N) is 1. The van der Waals surface area contributed by atoms with Gasteiger partial charge in [-0.1, -0.05) is 6.92 Å². The number of ether oxygens (including phenoxy) is 2. The molecule has 6 heteroatoms. The second kappa shape index (κ2) is 6.97. The number of amides is 1. The number of rotatable bonds is 5. The number of esters is 1. The van der Waals surface area contributed by atoms with Gasteiger partial charge in [0.25, 0.3) is 0 Å². The lowest BCUT2D eigenvalue weighted by atomic mass is 9.98. The standard InChI is InChI=1S/C12H18N2O4/c1-8(5-6-13)10(12(16)17-2)14-11(15)9-4-3-7-18-9/h8-10H,3-5,7H2,1-2H3,(H,14,15)/t8-,9+,10+/m1/s1. The summed E-state index contributed by atoms with van der Waals surface area (Å²) in [7, 11) is 1.26. The maximum absolute atomic E-state index is 11.9. The first-order valence-electron chi connectivity index (χ1n) is 5.97. The van der Waals surface area contributed by atoms with Gasteiger partial charge in [-0.2, -0.15) is 5.26 Å². The molecule has 0 unspecified atom stereocenters. The van der Waals surface area contributed by atoms with Crippen molar-refractivity contribution < 1.29 is 19.1 Å². The van der Waals surface area contributed by atoms with Crippen LogP contribution in [0.25, 0.3) is 0 Å². The van der Waals surface area contributed by atoms with E-state index in [-0.39, 0.29) is 18.2 Å². The fourth-order valence-corrected chi connectivity index (χ4v) is 1.85. The van der Waals surface area contributed by atoms with Crippen LogP contribution in [0.4, 0.5) is 0 Å². The van der Waals surface area contributed by atoms with Gasteiger partial charge >= 0.3 is 5.97 Å². The summed E-state index contributed by atoms with van der Waals surface area (Å²) in [5.74, 6) is -1.15. The van der Waals surface area contributed by atoms with Crippen LogP contribution in [0.2, 0.25) is 0 Å². The lowest BCUT2D eigenvalue weighted by Crippen LogP contribution is -2.49. The van der Waals surface area contributed by atoms with Crippen molar-refractivity contribution in [1.29, 1.82) is 5.26 Å². The number of methoxy groups -OCH3 is 1. The number of carbonyl (C=O) groups excluding carboxylic acids is 2. The molecule has 3 atom stereocenters. The van der Waals surface area contributed by atoms with E-state index in [1.165, 1.54) is 7.11 Å². The minimum Gasteiger partial charge on any atom is -0.467 e. The summed E-state index contributed by atoms with van der Waals surface area (Å²) in [4.78, 5) is 23.4. The highest BCUT2D eigenvalue weighted by Gasteiger charge is 2.31. The van der Waals surface area contributed by atoms with E-state index in [0.717, 1.165) is 6.42 Å². The summed E-state index contributed by atoms with van der Waals surface area (Å²) in [6, 6.07) is 1.18. The van der Waals surface area contributed by atoms with Crippen LogP contribution in [0.15, 0.2) is 0 Å². The molecule has 1 fully saturated rings. The fourth-order valence-electron chi connectivity index (χ4n) is 1.85. The van der Waals surface area contributed by atoms with Crippen molar-refractivity contribution in [2.45, 2.75) is 38.3 Å². The predicted octanol–water partition coefficient (Wildman–Crippen LogP) is 0.373. The number of carbonyl (C=O) groups is 2. The van der Waals surface area contributed by atoms with E-state index in [0.29, 0.717) is 13.0 Å². The molecule has 1 amide bonds. The van der Waals surface area contributed by atoms with Crippen molar-refractivity contribution >= 4 is 11.9 Å². The zero-order valence-corrected chi connectivity index (χ0v) is 10.6. The summed E-state index contributed by atoms with van der Waals surface area (Å²) < 4.78 is 9.88. The van der Waals surface area contributed by atoms with Gasteiger partial charge in [-0.15, -0.1) is 0 Å². The Labute approximate surface area is 106 Å². The van der Waals surface area contributed by atoms with Crippen molar-refractivity contribution in [2.75, 3.05) is 13.7 Å². The molecule has 100 valence electrons. The highest BCUT2D eigenvalue weighted by Crippen LogP contribution is 2.14. The zero-order valence-electron chi connectivity index (χ0n) is 10.6. The number of hydrogen-bond donors (Lipinski definition) is 1. The van der Waals surface area contributed by atoms with Gasteiger partial charge in [0.2, 0.25) is 5.91 Å². The van der Waals surface area contributed by atoms with Gasteiger partial charge in [0.05, 0.1) is 13.2 Å². The molecule has 18 heavy (non-hydrogen) atoms. The van der Waals surface area contributed by atoms with E-state index >= 15 is 0 Å². The van der Waals surface area contributed by atoms with Crippen LogP contribution in [0.5, 0.6) is 0 Å². The van der Waals surface area contributed by atoms with Crippen LogP contribution in [0.1, 0.15) is 26.2 Å². The average molecular weight is 254 g/mol. The quantitative estimate of drug-likeness (QED) is 0.716. The molecule has 1 rings (SSSR count). The van der Waals surface area contributed by atoms with Crippen LogP contribution >= 0.6 is 0 Å². The van der Waals surface area contributed by atoms with E-state index in [9.17, 15) is 9.59 Å². The summed E-state index contributed by atoms with van der Waals surface area (Å²) in [6.07, 6.45) is 1.18. The summed E-state index contributed by atoms with van der Waals surface area (Å²) in [5, 5.41) is 11.3. The second-order valence-corrected chi connectivity index (χ2v) is 4.35. The minimum atomic E-state index is -0.800. The van der Waals surface area contributed by atoms with Gasteiger partial charge in [0, 0.05) is 18.9 Å². The first kappa shape index (κ1) is 14.5. The maximum Gasteiger partial charge on any atom is 0.328 e. The van der Waals surface area contributed by atoms with Gasteiger partial charge in [0.1, 0.15) is 12.1 Å². The second-order valence-electron chi connectivity index (χ2n) is 4.35. The fraction of sp³-hybridized carbons (Fsp3) is 0.750.